The van der Waals surface area contributed by atoms with E-state index in [0.717, 1.165) is 18.2 Å². The molecule has 20 heavy (non-hydrogen) atoms. The van der Waals surface area contributed by atoms with Crippen molar-refractivity contribution in [3.63, 3.8) is 0 Å². The van der Waals surface area contributed by atoms with Crippen molar-refractivity contribution in [1.82, 2.24) is 14.9 Å². The van der Waals surface area contributed by atoms with Crippen molar-refractivity contribution < 1.29 is 0 Å². The predicted molar refractivity (Wildman–Crippen MR) is 81.2 cm³/mol. The maximum Gasteiger partial charge on any atom is 0.131 e. The van der Waals surface area contributed by atoms with Gasteiger partial charge in [0.2, 0.25) is 0 Å². The van der Waals surface area contributed by atoms with Crippen molar-refractivity contribution in [2.24, 2.45) is 0 Å². The number of likely N-dealkylation sites (N-methyl/N-ethyl adjacent to an activating group) is 1. The lowest BCUT2D eigenvalue weighted by atomic mass is 9.91. The largest absolute Gasteiger partial charge is 0.325 e. The number of hydrogen-bond donors (Lipinski definition) is 1. The van der Waals surface area contributed by atoms with E-state index in [1.54, 1.807) is 6.20 Å². The molecule has 0 unspecified atom stereocenters. The Bertz CT molecular complexity index is 555. The van der Waals surface area contributed by atoms with Gasteiger partial charge in [-0.3, -0.25) is 0 Å². The summed E-state index contributed by atoms with van der Waals surface area (Å²) in [6.45, 7) is 2.34. The van der Waals surface area contributed by atoms with E-state index in [9.17, 15) is 0 Å². The van der Waals surface area contributed by atoms with Gasteiger partial charge in [0.25, 0.3) is 0 Å². The van der Waals surface area contributed by atoms with E-state index in [4.69, 9.17) is 0 Å². The van der Waals surface area contributed by atoms with E-state index in [1.165, 1.54) is 24.9 Å². The number of anilines is 2. The number of piperidine rings is 1. The Kier molecular flexibility index (Phi) is 3.92. The van der Waals surface area contributed by atoms with Gasteiger partial charge in [0.1, 0.15) is 11.6 Å². The average molecular weight is 268 g/mol. The van der Waals surface area contributed by atoms with E-state index in [0.29, 0.717) is 5.92 Å². The highest BCUT2D eigenvalue weighted by molar-refractivity contribution is 5.52. The molecule has 0 aromatic carbocycles. The lowest BCUT2D eigenvalue weighted by Gasteiger charge is -2.30. The van der Waals surface area contributed by atoms with Gasteiger partial charge in [-0.1, -0.05) is 6.07 Å². The molecule has 4 nitrogen and oxygen atoms in total. The Morgan fingerprint density at radius 3 is 2.85 bits per heavy atom. The molecule has 3 heterocycles. The minimum atomic E-state index is 0.612. The highest BCUT2D eigenvalue weighted by Gasteiger charge is 2.19. The molecule has 1 N–H and O–H groups in total. The van der Waals surface area contributed by atoms with Crippen LogP contribution in [0.3, 0.4) is 0 Å². The fourth-order valence-electron chi connectivity index (χ4n) is 2.78. The van der Waals surface area contributed by atoms with Crippen LogP contribution in [0.2, 0.25) is 0 Å². The quantitative estimate of drug-likeness (QED) is 0.929. The van der Waals surface area contributed by atoms with Crippen LogP contribution in [-0.2, 0) is 0 Å². The Morgan fingerprint density at radius 1 is 1.15 bits per heavy atom. The van der Waals surface area contributed by atoms with Crippen molar-refractivity contribution >= 4 is 11.6 Å². The van der Waals surface area contributed by atoms with Crippen LogP contribution in [0, 0.1) is 0 Å². The molecule has 0 spiro atoms. The van der Waals surface area contributed by atoms with E-state index in [2.05, 4.69) is 39.4 Å². The molecule has 0 radical (unpaired) electrons. The van der Waals surface area contributed by atoms with Crippen molar-refractivity contribution in [3.05, 3.63) is 48.3 Å². The zero-order valence-corrected chi connectivity index (χ0v) is 11.8. The molecule has 0 saturated carbocycles. The minimum absolute atomic E-state index is 0.612. The van der Waals surface area contributed by atoms with E-state index >= 15 is 0 Å². The third-order valence-corrected chi connectivity index (χ3v) is 3.80. The molecule has 1 fully saturated rings. The number of nitrogens with zero attached hydrogens (tertiary/aromatic N) is 3. The van der Waals surface area contributed by atoms with Crippen LogP contribution < -0.4 is 5.32 Å². The Labute approximate surface area is 119 Å². The molecule has 0 aliphatic carbocycles. The molecule has 0 bridgehead atoms. The SMILES string of the molecule is CN1CCC[C@@H](c2ccnc(Nc3ccccn3)c2)C1. The van der Waals surface area contributed by atoms with Crippen molar-refractivity contribution in [1.29, 1.82) is 0 Å². The first-order valence-corrected chi connectivity index (χ1v) is 7.14. The molecule has 1 aliphatic heterocycles. The van der Waals surface area contributed by atoms with Crippen LogP contribution in [-0.4, -0.2) is 35.0 Å². The highest BCUT2D eigenvalue weighted by Crippen LogP contribution is 2.27. The first kappa shape index (κ1) is 13.1. The van der Waals surface area contributed by atoms with Crippen LogP contribution >= 0.6 is 0 Å². The minimum Gasteiger partial charge on any atom is -0.325 e. The van der Waals surface area contributed by atoms with Gasteiger partial charge in [-0.15, -0.1) is 0 Å². The van der Waals surface area contributed by atoms with E-state index in [-0.39, 0.29) is 0 Å². The smallest absolute Gasteiger partial charge is 0.131 e. The van der Waals surface area contributed by atoms with Gasteiger partial charge in [0.15, 0.2) is 0 Å². The Hall–Kier alpha value is -1.94. The number of rotatable bonds is 3. The summed E-state index contributed by atoms with van der Waals surface area (Å²) in [6.07, 6.45) is 6.20. The van der Waals surface area contributed by atoms with Gasteiger partial charge in [0.05, 0.1) is 0 Å². The molecular formula is C16H20N4. The first-order chi connectivity index (χ1) is 9.81. The van der Waals surface area contributed by atoms with Gasteiger partial charge in [0, 0.05) is 18.9 Å². The highest BCUT2D eigenvalue weighted by atomic mass is 15.1. The molecule has 2 aromatic heterocycles. The van der Waals surface area contributed by atoms with Gasteiger partial charge in [-0.2, -0.15) is 0 Å². The molecular weight excluding hydrogens is 248 g/mol. The summed E-state index contributed by atoms with van der Waals surface area (Å²) in [4.78, 5) is 11.1. The third kappa shape index (κ3) is 3.14. The molecule has 2 aromatic rings. The number of hydrogen-bond acceptors (Lipinski definition) is 4. The van der Waals surface area contributed by atoms with Gasteiger partial charge >= 0.3 is 0 Å². The number of nitrogens with one attached hydrogen (secondary N) is 1. The fourth-order valence-corrected chi connectivity index (χ4v) is 2.78. The van der Waals surface area contributed by atoms with E-state index < -0.39 is 0 Å². The number of pyridine rings is 2. The predicted octanol–water partition coefficient (Wildman–Crippen LogP) is 3.03. The lowest BCUT2D eigenvalue weighted by molar-refractivity contribution is 0.251. The van der Waals surface area contributed by atoms with Crippen LogP contribution in [0.1, 0.15) is 24.3 Å². The summed E-state index contributed by atoms with van der Waals surface area (Å²) >= 11 is 0. The number of likely N-dealkylation sites (tertiary alicyclic amines) is 1. The molecule has 1 atom stereocenters. The normalized spacial score (nSPS) is 19.8. The van der Waals surface area contributed by atoms with Crippen LogP contribution in [0.4, 0.5) is 11.6 Å². The van der Waals surface area contributed by atoms with Gasteiger partial charge in [-0.05, 0) is 62.2 Å². The van der Waals surface area contributed by atoms with Crippen LogP contribution in [0.5, 0.6) is 0 Å². The lowest BCUT2D eigenvalue weighted by Crippen LogP contribution is -2.30. The molecule has 1 saturated heterocycles. The van der Waals surface area contributed by atoms with Crippen molar-refractivity contribution in [2.75, 3.05) is 25.5 Å². The maximum absolute atomic E-state index is 4.38. The summed E-state index contributed by atoms with van der Waals surface area (Å²) in [6, 6.07) is 10.1. The summed E-state index contributed by atoms with van der Waals surface area (Å²) in [5, 5.41) is 3.26. The van der Waals surface area contributed by atoms with E-state index in [1.807, 2.05) is 24.4 Å². The molecule has 0 amide bonds. The summed E-state index contributed by atoms with van der Waals surface area (Å²) in [5.74, 6) is 2.31. The zero-order valence-electron chi connectivity index (χ0n) is 11.8. The molecule has 3 rings (SSSR count). The van der Waals surface area contributed by atoms with Crippen molar-refractivity contribution in [2.45, 2.75) is 18.8 Å². The van der Waals surface area contributed by atoms with Gasteiger partial charge in [-0.25, -0.2) is 9.97 Å². The van der Waals surface area contributed by atoms with Crippen LogP contribution in [0.25, 0.3) is 0 Å². The summed E-state index contributed by atoms with van der Waals surface area (Å²) < 4.78 is 0. The molecule has 1 aliphatic rings. The van der Waals surface area contributed by atoms with Crippen LogP contribution in [0.15, 0.2) is 42.7 Å². The molecule has 104 valence electrons. The maximum atomic E-state index is 4.38. The van der Waals surface area contributed by atoms with Gasteiger partial charge < -0.3 is 10.2 Å². The monoisotopic (exact) mass is 268 g/mol. The average Bonchev–Trinajstić information content (AvgIpc) is 2.49. The zero-order chi connectivity index (χ0) is 13.8. The summed E-state index contributed by atoms with van der Waals surface area (Å²) in [5.41, 5.74) is 1.37. The fraction of sp³-hybridized carbons (Fsp3) is 0.375. The summed E-state index contributed by atoms with van der Waals surface area (Å²) in [7, 11) is 2.19. The number of aromatic nitrogens is 2. The Morgan fingerprint density at radius 2 is 2.05 bits per heavy atom. The molecule has 4 heteroatoms. The second-order valence-electron chi connectivity index (χ2n) is 5.42. The van der Waals surface area contributed by atoms with Crippen molar-refractivity contribution in [3.8, 4) is 0 Å². The third-order valence-electron chi connectivity index (χ3n) is 3.80. The second kappa shape index (κ2) is 6.01. The topological polar surface area (TPSA) is 41.1 Å². The Balaban J connectivity index is 1.75. The first-order valence-electron chi connectivity index (χ1n) is 7.14. The second-order valence-corrected chi connectivity index (χ2v) is 5.42. The standard InChI is InChI=1S/C16H20N4/c1-20-10-4-5-14(12-20)13-7-9-18-16(11-13)19-15-6-2-3-8-17-15/h2-3,6-9,11,14H,4-5,10,12H2,1H3,(H,17,18,19)/t14-/m1/s1.